The molecule has 2 aromatic rings. The lowest BCUT2D eigenvalue weighted by Gasteiger charge is -2.49. The van der Waals surface area contributed by atoms with E-state index in [9.17, 15) is 19.2 Å². The average Bonchev–Trinajstić information content (AvgIpc) is 3.39. The van der Waals surface area contributed by atoms with Gasteiger partial charge < -0.3 is 25.4 Å². The smallest absolute Gasteiger partial charge is 0.359 e. The summed E-state index contributed by atoms with van der Waals surface area (Å²) in [4.78, 5) is 66.3. The quantitative estimate of drug-likeness (QED) is 0.0668. The average molecular weight is 631 g/mol. The number of thiazole rings is 1. The van der Waals surface area contributed by atoms with E-state index < -0.39 is 41.5 Å². The van der Waals surface area contributed by atoms with Crippen LogP contribution < -0.4 is 11.1 Å². The fourth-order valence-corrected chi connectivity index (χ4v) is 6.67. The number of pyridine rings is 1. The van der Waals surface area contributed by atoms with Crippen molar-refractivity contribution < 1.29 is 33.5 Å². The van der Waals surface area contributed by atoms with Gasteiger partial charge in [0.05, 0.1) is 0 Å². The van der Waals surface area contributed by atoms with Gasteiger partial charge >= 0.3 is 11.9 Å². The number of carbonyl (C=O) groups excluding carboxylic acids is 4. The fourth-order valence-electron chi connectivity index (χ4n) is 3.77. The van der Waals surface area contributed by atoms with Gasteiger partial charge in [-0.05, 0) is 23.1 Å². The highest BCUT2D eigenvalue weighted by Gasteiger charge is 2.55. The molecule has 2 amide bonds. The summed E-state index contributed by atoms with van der Waals surface area (Å²) in [5.41, 5.74) is 6.58. The Balaban J connectivity index is 1.55. The zero-order valence-corrected chi connectivity index (χ0v) is 24.9. The first-order valence-electron chi connectivity index (χ1n) is 12.3. The number of esters is 2. The Morgan fingerprint density at radius 3 is 2.86 bits per heavy atom. The zero-order valence-electron chi connectivity index (χ0n) is 22.4. The molecule has 42 heavy (non-hydrogen) atoms. The Morgan fingerprint density at radius 2 is 2.19 bits per heavy atom. The highest BCUT2D eigenvalue weighted by Crippen LogP contribution is 2.44. The van der Waals surface area contributed by atoms with Gasteiger partial charge in [0.25, 0.3) is 11.8 Å². The first kappa shape index (κ1) is 30.8. The summed E-state index contributed by atoms with van der Waals surface area (Å²) in [6, 6.07) is 2.68. The summed E-state index contributed by atoms with van der Waals surface area (Å²) in [7, 11) is 0. The van der Waals surface area contributed by atoms with Crippen LogP contribution >= 0.6 is 34.9 Å². The number of fused-ring (bicyclic) bond motifs is 1. The van der Waals surface area contributed by atoms with E-state index in [1.807, 2.05) is 12.1 Å². The molecular weight excluding hydrogens is 605 g/mol. The van der Waals surface area contributed by atoms with Crippen LogP contribution in [0.1, 0.15) is 25.1 Å². The summed E-state index contributed by atoms with van der Waals surface area (Å²) < 4.78 is 10.3. The number of carbonyl (C=O) groups is 4. The van der Waals surface area contributed by atoms with Gasteiger partial charge in [0.2, 0.25) is 6.29 Å². The van der Waals surface area contributed by atoms with E-state index in [1.54, 1.807) is 29.2 Å². The fraction of sp³-hybridized carbons (Fsp3) is 0.269. The molecule has 0 bridgehead atoms. The van der Waals surface area contributed by atoms with Crippen molar-refractivity contribution in [2.75, 3.05) is 18.1 Å². The van der Waals surface area contributed by atoms with Crippen molar-refractivity contribution in [3.63, 3.8) is 0 Å². The van der Waals surface area contributed by atoms with Crippen molar-refractivity contribution in [2.24, 2.45) is 5.16 Å². The number of β-lactam (4-membered cyclic amide) rings is 1. The van der Waals surface area contributed by atoms with Gasteiger partial charge in [-0.3, -0.25) is 24.3 Å². The Kier molecular flexibility index (Phi) is 10.4. The van der Waals surface area contributed by atoms with E-state index in [0.29, 0.717) is 10.7 Å². The minimum atomic E-state index is -1.18. The van der Waals surface area contributed by atoms with Gasteiger partial charge in [-0.15, -0.1) is 23.1 Å². The van der Waals surface area contributed by atoms with Crippen LogP contribution in [0.4, 0.5) is 5.13 Å². The van der Waals surface area contributed by atoms with E-state index in [-0.39, 0.29) is 28.8 Å². The summed E-state index contributed by atoms with van der Waals surface area (Å²) in [5.74, 6) is -2.39. The van der Waals surface area contributed by atoms with Gasteiger partial charge in [0, 0.05) is 42.3 Å². The standard InChI is InChI=1S/C26H26N6O7S3/c1-4-9-37-31-19(17-12-42-26(27)29-17)22(34)30-20-23(35)32-21(25(36)39-15(3)38-14(2)33)18(13-41-24(20)32)40-10-7-16-6-5-8-28-11-16/h4-8,10-12,15,20,24H,1,9,13H2,2-3H3,(H2,27,29)(H,30,34)/b10-7-,31-19?/t15?,20?,24-/m1/s1. The molecule has 4 rings (SSSR count). The van der Waals surface area contributed by atoms with Gasteiger partial charge in [-0.25, -0.2) is 9.78 Å². The molecule has 2 aliphatic rings. The highest BCUT2D eigenvalue weighted by molar-refractivity contribution is 8.08. The van der Waals surface area contributed by atoms with E-state index in [2.05, 4.69) is 27.0 Å². The topological polar surface area (TPSA) is 175 Å². The molecule has 4 heterocycles. The highest BCUT2D eigenvalue weighted by atomic mass is 32.2. The molecule has 0 saturated carbocycles. The molecule has 0 aromatic carbocycles. The van der Waals surface area contributed by atoms with Crippen molar-refractivity contribution in [3.05, 3.63) is 69.8 Å². The second kappa shape index (κ2) is 14.2. The van der Waals surface area contributed by atoms with Crippen LogP contribution in [0.2, 0.25) is 0 Å². The molecule has 2 aromatic heterocycles. The van der Waals surface area contributed by atoms with Crippen LogP contribution in [-0.2, 0) is 33.5 Å². The number of hydrogen-bond acceptors (Lipinski definition) is 14. The Bertz CT molecular complexity index is 1460. The van der Waals surface area contributed by atoms with Crippen molar-refractivity contribution in [1.29, 1.82) is 0 Å². The summed E-state index contributed by atoms with van der Waals surface area (Å²) >= 11 is 3.71. The maximum absolute atomic E-state index is 13.4. The number of rotatable bonds is 12. The third-order valence-electron chi connectivity index (χ3n) is 5.50. The molecule has 1 fully saturated rings. The van der Waals surface area contributed by atoms with Crippen molar-refractivity contribution in [3.8, 4) is 0 Å². The first-order chi connectivity index (χ1) is 20.2. The van der Waals surface area contributed by atoms with Gasteiger partial charge in [-0.2, -0.15) is 0 Å². The number of thioether (sulfide) groups is 2. The number of nitrogens with zero attached hydrogens (tertiary/aromatic N) is 4. The number of aromatic nitrogens is 2. The van der Waals surface area contributed by atoms with E-state index in [4.69, 9.17) is 20.0 Å². The van der Waals surface area contributed by atoms with Crippen LogP contribution in [0.15, 0.2) is 63.7 Å². The number of nitrogens with two attached hydrogens (primary N) is 1. The summed E-state index contributed by atoms with van der Waals surface area (Å²) in [5, 5.41) is 9.45. The second-order valence-electron chi connectivity index (χ2n) is 8.52. The van der Waals surface area contributed by atoms with E-state index in [1.165, 1.54) is 48.3 Å². The number of anilines is 1. The first-order valence-corrected chi connectivity index (χ1v) is 15.1. The van der Waals surface area contributed by atoms with Gasteiger partial charge in [0.15, 0.2) is 10.8 Å². The number of oxime groups is 1. The van der Waals surface area contributed by atoms with Crippen LogP contribution in [0.3, 0.4) is 0 Å². The molecule has 16 heteroatoms. The lowest BCUT2D eigenvalue weighted by atomic mass is 10.0. The molecule has 3 N–H and O–H groups in total. The Hall–Kier alpha value is -4.15. The lowest BCUT2D eigenvalue weighted by molar-refractivity contribution is -0.182. The van der Waals surface area contributed by atoms with Gasteiger partial charge in [-0.1, -0.05) is 35.6 Å². The van der Waals surface area contributed by atoms with Crippen LogP contribution in [0.5, 0.6) is 0 Å². The van der Waals surface area contributed by atoms with E-state index in [0.717, 1.165) is 16.9 Å². The molecule has 0 spiro atoms. The molecule has 2 aliphatic heterocycles. The third-order valence-corrected chi connectivity index (χ3v) is 8.53. The van der Waals surface area contributed by atoms with Crippen LogP contribution in [-0.4, -0.2) is 74.4 Å². The SMILES string of the molecule is C=CCON=C(C(=O)NC1C(=O)N2C(C(=O)OC(C)OC(C)=O)=C(S/C=C\c3cccnc3)CS[C@H]12)c1csc(N)n1. The minimum absolute atomic E-state index is 0.00423. The number of ether oxygens (including phenoxy) is 2. The van der Waals surface area contributed by atoms with Crippen molar-refractivity contribution >= 4 is 75.5 Å². The normalized spacial score (nSPS) is 19.0. The van der Waals surface area contributed by atoms with Crippen LogP contribution in [0.25, 0.3) is 6.08 Å². The van der Waals surface area contributed by atoms with Crippen molar-refractivity contribution in [1.82, 2.24) is 20.2 Å². The second-order valence-corrected chi connectivity index (χ2v) is 11.5. The molecule has 220 valence electrons. The van der Waals surface area contributed by atoms with Crippen LogP contribution in [0, 0.1) is 0 Å². The maximum Gasteiger partial charge on any atom is 0.359 e. The molecule has 1 saturated heterocycles. The number of amides is 2. The summed E-state index contributed by atoms with van der Waals surface area (Å²) in [6.45, 7) is 6.17. The zero-order chi connectivity index (χ0) is 30.2. The number of nitrogens with one attached hydrogen (secondary N) is 1. The van der Waals surface area contributed by atoms with E-state index >= 15 is 0 Å². The minimum Gasteiger partial charge on any atom is -0.426 e. The molecule has 13 nitrogen and oxygen atoms in total. The predicted molar refractivity (Wildman–Crippen MR) is 159 cm³/mol. The molecule has 0 radical (unpaired) electrons. The molecular formula is C26H26N6O7S3. The number of nitrogen functional groups attached to an aromatic ring is 1. The molecule has 3 atom stereocenters. The Labute approximate surface area is 253 Å². The third kappa shape index (κ3) is 7.37. The predicted octanol–water partition coefficient (Wildman–Crippen LogP) is 2.49. The maximum atomic E-state index is 13.4. The molecule has 2 unspecified atom stereocenters. The van der Waals surface area contributed by atoms with Crippen molar-refractivity contribution in [2.45, 2.75) is 31.6 Å². The number of hydrogen-bond donors (Lipinski definition) is 2. The monoisotopic (exact) mass is 630 g/mol. The summed E-state index contributed by atoms with van der Waals surface area (Å²) in [6.07, 6.45) is 5.42. The lowest BCUT2D eigenvalue weighted by Crippen LogP contribution is -2.71. The van der Waals surface area contributed by atoms with Gasteiger partial charge in [0.1, 0.15) is 29.4 Å². The largest absolute Gasteiger partial charge is 0.426 e. The Morgan fingerprint density at radius 1 is 1.38 bits per heavy atom. The molecule has 0 aliphatic carbocycles.